The molecule has 0 bridgehead atoms. The number of nitrogens with one attached hydrogen (secondary N) is 2. The average molecular weight is 439 g/mol. The van der Waals surface area contributed by atoms with Crippen LogP contribution in [-0.2, 0) is 9.53 Å². The van der Waals surface area contributed by atoms with E-state index < -0.39 is 0 Å². The molecule has 3 rings (SSSR count). The smallest absolute Gasteiger partial charge is 0.251 e. The highest BCUT2D eigenvalue weighted by atomic mass is 16.5. The molecule has 0 saturated heterocycles. The van der Waals surface area contributed by atoms with Crippen molar-refractivity contribution < 1.29 is 14.3 Å². The van der Waals surface area contributed by atoms with E-state index in [4.69, 9.17) is 4.74 Å². The maximum Gasteiger partial charge on any atom is 0.251 e. The Morgan fingerprint density at radius 3 is 2.56 bits per heavy atom. The highest BCUT2D eigenvalue weighted by molar-refractivity contribution is 5.99. The SMILES string of the molecule is CCC1C(C)C(Nc2cccc(C)n2)c2c(ccc(C(=O)NCCOC)c2C)N1C(C)=O. The molecule has 7 nitrogen and oxygen atoms in total. The van der Waals surface area contributed by atoms with Crippen molar-refractivity contribution in [3.63, 3.8) is 0 Å². The molecule has 32 heavy (non-hydrogen) atoms. The quantitative estimate of drug-likeness (QED) is 0.638. The zero-order valence-electron chi connectivity index (χ0n) is 19.9. The van der Waals surface area contributed by atoms with Crippen molar-refractivity contribution in [1.29, 1.82) is 0 Å². The molecule has 1 aliphatic rings. The van der Waals surface area contributed by atoms with Gasteiger partial charge in [-0.2, -0.15) is 0 Å². The number of carbonyl (C=O) groups excluding carboxylic acids is 2. The molecule has 2 N–H and O–H groups in total. The lowest BCUT2D eigenvalue weighted by Gasteiger charge is -2.46. The van der Waals surface area contributed by atoms with Crippen LogP contribution in [0.1, 0.15) is 60.4 Å². The van der Waals surface area contributed by atoms with Crippen LogP contribution < -0.4 is 15.5 Å². The summed E-state index contributed by atoms with van der Waals surface area (Å²) in [5, 5.41) is 6.52. The van der Waals surface area contributed by atoms with E-state index in [1.165, 1.54) is 0 Å². The summed E-state index contributed by atoms with van der Waals surface area (Å²) in [6, 6.07) is 9.57. The molecule has 2 amide bonds. The summed E-state index contributed by atoms with van der Waals surface area (Å²) in [4.78, 5) is 32.1. The van der Waals surface area contributed by atoms with Gasteiger partial charge in [0.25, 0.3) is 5.91 Å². The fourth-order valence-electron chi connectivity index (χ4n) is 4.77. The van der Waals surface area contributed by atoms with Gasteiger partial charge in [-0.15, -0.1) is 0 Å². The van der Waals surface area contributed by atoms with Crippen molar-refractivity contribution in [2.75, 3.05) is 30.5 Å². The standard InChI is InChI=1S/C25H34N4O3/c1-7-20-17(4)24(28-22-10-8-9-15(2)27-22)23-16(3)19(25(31)26-13-14-32-6)11-12-21(23)29(20)18(5)30/h8-12,17,20,24H,7,13-14H2,1-6H3,(H,26,31)(H,27,28). The van der Waals surface area contributed by atoms with Gasteiger partial charge in [0.1, 0.15) is 5.82 Å². The number of aryl methyl sites for hydroxylation is 1. The first-order chi connectivity index (χ1) is 15.3. The van der Waals surface area contributed by atoms with E-state index in [1.54, 1.807) is 14.0 Å². The van der Waals surface area contributed by atoms with E-state index in [2.05, 4.69) is 29.5 Å². The Morgan fingerprint density at radius 2 is 1.94 bits per heavy atom. The van der Waals surface area contributed by atoms with E-state index in [0.717, 1.165) is 34.7 Å². The number of anilines is 2. The van der Waals surface area contributed by atoms with Crippen LogP contribution in [0.25, 0.3) is 0 Å². The molecule has 0 radical (unpaired) electrons. The molecule has 1 aromatic carbocycles. The van der Waals surface area contributed by atoms with Crippen molar-refractivity contribution in [3.05, 3.63) is 52.7 Å². The molecule has 3 atom stereocenters. The first-order valence-electron chi connectivity index (χ1n) is 11.2. The number of hydrogen-bond acceptors (Lipinski definition) is 5. The van der Waals surface area contributed by atoms with Gasteiger partial charge in [0.05, 0.1) is 12.6 Å². The molecule has 3 unspecified atom stereocenters. The van der Waals surface area contributed by atoms with Crippen molar-refractivity contribution in [1.82, 2.24) is 10.3 Å². The van der Waals surface area contributed by atoms with E-state index in [0.29, 0.717) is 18.7 Å². The molecule has 2 heterocycles. The van der Waals surface area contributed by atoms with E-state index in [-0.39, 0.29) is 29.8 Å². The molecule has 0 aliphatic carbocycles. The number of methoxy groups -OCH3 is 1. The molecular weight excluding hydrogens is 404 g/mol. The number of aromatic nitrogens is 1. The Kier molecular flexibility index (Phi) is 7.51. The Morgan fingerprint density at radius 1 is 1.19 bits per heavy atom. The molecule has 7 heteroatoms. The summed E-state index contributed by atoms with van der Waals surface area (Å²) in [7, 11) is 1.60. The molecule has 0 spiro atoms. The summed E-state index contributed by atoms with van der Waals surface area (Å²) in [6.45, 7) is 10.7. The third kappa shape index (κ3) is 4.63. The third-order valence-electron chi connectivity index (χ3n) is 6.31. The predicted molar refractivity (Wildman–Crippen MR) is 127 cm³/mol. The van der Waals surface area contributed by atoms with Crippen molar-refractivity contribution in [3.8, 4) is 0 Å². The second kappa shape index (κ2) is 10.1. The first-order valence-corrected chi connectivity index (χ1v) is 11.2. The minimum Gasteiger partial charge on any atom is -0.383 e. The van der Waals surface area contributed by atoms with Crippen LogP contribution in [0.5, 0.6) is 0 Å². The molecule has 172 valence electrons. The number of amides is 2. The van der Waals surface area contributed by atoms with E-state index in [1.807, 2.05) is 49.1 Å². The molecule has 0 saturated carbocycles. The highest BCUT2D eigenvalue weighted by Gasteiger charge is 2.41. The third-order valence-corrected chi connectivity index (χ3v) is 6.31. The molecular formula is C25H34N4O3. The van der Waals surface area contributed by atoms with Crippen molar-refractivity contribution >= 4 is 23.3 Å². The largest absolute Gasteiger partial charge is 0.383 e. The van der Waals surface area contributed by atoms with Gasteiger partial charge in [0.2, 0.25) is 5.91 Å². The number of hydrogen-bond donors (Lipinski definition) is 2. The lowest BCUT2D eigenvalue weighted by atomic mass is 9.78. The summed E-state index contributed by atoms with van der Waals surface area (Å²) in [5.74, 6) is 0.765. The second-order valence-corrected chi connectivity index (χ2v) is 8.43. The number of rotatable bonds is 7. The van der Waals surface area contributed by atoms with E-state index in [9.17, 15) is 9.59 Å². The fraction of sp³-hybridized carbons (Fsp3) is 0.480. The molecule has 1 aromatic heterocycles. The van der Waals surface area contributed by atoms with Crippen LogP contribution >= 0.6 is 0 Å². The first kappa shape index (κ1) is 23.7. The fourth-order valence-corrected chi connectivity index (χ4v) is 4.77. The number of benzene rings is 1. The van der Waals surface area contributed by atoms with Crippen LogP contribution in [0, 0.1) is 19.8 Å². The number of fused-ring (bicyclic) bond motifs is 1. The maximum absolute atomic E-state index is 12.9. The number of ether oxygens (including phenoxy) is 1. The number of carbonyl (C=O) groups is 2. The minimum atomic E-state index is -0.144. The Bertz CT molecular complexity index is 991. The maximum atomic E-state index is 12.9. The predicted octanol–water partition coefficient (Wildman–Crippen LogP) is 4.01. The van der Waals surface area contributed by atoms with Gasteiger partial charge in [0, 0.05) is 55.0 Å². The highest BCUT2D eigenvalue weighted by Crippen LogP contribution is 2.45. The second-order valence-electron chi connectivity index (χ2n) is 8.43. The zero-order chi connectivity index (χ0) is 23.4. The van der Waals surface area contributed by atoms with E-state index >= 15 is 0 Å². The van der Waals surface area contributed by atoms with Gasteiger partial charge in [-0.05, 0) is 50.1 Å². The van der Waals surface area contributed by atoms with Crippen LogP contribution in [0.2, 0.25) is 0 Å². The van der Waals surface area contributed by atoms with Gasteiger partial charge < -0.3 is 20.3 Å². The van der Waals surface area contributed by atoms with Gasteiger partial charge >= 0.3 is 0 Å². The summed E-state index contributed by atoms with van der Waals surface area (Å²) >= 11 is 0. The molecule has 0 fully saturated rings. The van der Waals surface area contributed by atoms with Crippen LogP contribution in [0.3, 0.4) is 0 Å². The monoisotopic (exact) mass is 438 g/mol. The number of nitrogens with zero attached hydrogens (tertiary/aromatic N) is 2. The van der Waals surface area contributed by atoms with Gasteiger partial charge in [-0.25, -0.2) is 4.98 Å². The van der Waals surface area contributed by atoms with Crippen LogP contribution in [-0.4, -0.2) is 43.1 Å². The van der Waals surface area contributed by atoms with Gasteiger partial charge in [0.15, 0.2) is 0 Å². The Balaban J connectivity index is 2.11. The topological polar surface area (TPSA) is 83.6 Å². The molecule has 1 aliphatic heterocycles. The summed E-state index contributed by atoms with van der Waals surface area (Å²) in [6.07, 6.45) is 0.831. The lowest BCUT2D eigenvalue weighted by molar-refractivity contribution is -0.117. The van der Waals surface area contributed by atoms with Gasteiger partial charge in [-0.3, -0.25) is 9.59 Å². The normalized spacial score (nSPS) is 19.9. The zero-order valence-corrected chi connectivity index (χ0v) is 19.9. The Hall–Kier alpha value is -2.93. The Labute approximate surface area is 190 Å². The van der Waals surface area contributed by atoms with Gasteiger partial charge in [-0.1, -0.05) is 19.9 Å². The minimum absolute atomic E-state index is 0.00813. The van der Waals surface area contributed by atoms with Crippen molar-refractivity contribution in [2.45, 2.75) is 53.1 Å². The summed E-state index contributed by atoms with van der Waals surface area (Å²) in [5.41, 5.74) is 4.24. The lowest BCUT2D eigenvalue weighted by Crippen LogP contribution is -2.50. The van der Waals surface area contributed by atoms with Crippen LogP contribution in [0.15, 0.2) is 30.3 Å². The van der Waals surface area contributed by atoms with Crippen molar-refractivity contribution in [2.24, 2.45) is 5.92 Å². The average Bonchev–Trinajstić information content (AvgIpc) is 2.75. The molecule has 2 aromatic rings. The van der Waals surface area contributed by atoms with Crippen LogP contribution in [0.4, 0.5) is 11.5 Å². The number of pyridine rings is 1. The summed E-state index contributed by atoms with van der Waals surface area (Å²) < 4.78 is 5.04.